The summed E-state index contributed by atoms with van der Waals surface area (Å²) >= 11 is 6.24. The van der Waals surface area contributed by atoms with Crippen LogP contribution in [-0.2, 0) is 9.53 Å². The molecular weight excluding hydrogens is 464 g/mol. The van der Waals surface area contributed by atoms with Gasteiger partial charge in [-0.05, 0) is 24.3 Å². The molecule has 4 heterocycles. The molecule has 4 aromatic rings. The lowest BCUT2D eigenvalue weighted by molar-refractivity contribution is -0.125. The van der Waals surface area contributed by atoms with Gasteiger partial charge in [0.15, 0.2) is 11.5 Å². The predicted molar refractivity (Wildman–Crippen MR) is 119 cm³/mol. The van der Waals surface area contributed by atoms with Crippen LogP contribution in [0.5, 0.6) is 5.88 Å². The van der Waals surface area contributed by atoms with Gasteiger partial charge in [-0.1, -0.05) is 11.6 Å². The van der Waals surface area contributed by atoms with Crippen LogP contribution >= 0.6 is 11.6 Å². The Balaban J connectivity index is 1.60. The van der Waals surface area contributed by atoms with Crippen LogP contribution in [-0.4, -0.2) is 66.7 Å². The zero-order valence-corrected chi connectivity index (χ0v) is 18.3. The van der Waals surface area contributed by atoms with E-state index in [1.165, 1.54) is 35.5 Å². The molecule has 0 spiro atoms. The Morgan fingerprint density at radius 3 is 2.85 bits per heavy atom. The van der Waals surface area contributed by atoms with Gasteiger partial charge in [0.2, 0.25) is 12.0 Å². The van der Waals surface area contributed by atoms with Gasteiger partial charge in [0.25, 0.3) is 5.91 Å². The zero-order valence-electron chi connectivity index (χ0n) is 17.5. The summed E-state index contributed by atoms with van der Waals surface area (Å²) in [5.41, 5.74) is 0.722. The smallest absolute Gasteiger partial charge is 0.269 e. The van der Waals surface area contributed by atoms with Crippen molar-refractivity contribution < 1.29 is 19.4 Å². The lowest BCUT2D eigenvalue weighted by atomic mass is 10.3. The lowest BCUT2D eigenvalue weighted by Gasteiger charge is -2.18. The van der Waals surface area contributed by atoms with Crippen LogP contribution in [0.25, 0.3) is 16.9 Å². The summed E-state index contributed by atoms with van der Waals surface area (Å²) in [5, 5.41) is 25.6. The van der Waals surface area contributed by atoms with Crippen LogP contribution < -0.4 is 10.1 Å². The highest BCUT2D eigenvalue weighted by molar-refractivity contribution is 6.32. The Labute approximate surface area is 197 Å². The number of ether oxygens (including phenoxy) is 2. The van der Waals surface area contributed by atoms with Crippen molar-refractivity contribution in [2.45, 2.75) is 6.10 Å². The van der Waals surface area contributed by atoms with E-state index >= 15 is 0 Å². The van der Waals surface area contributed by atoms with Crippen LogP contribution in [0.4, 0.5) is 5.82 Å². The van der Waals surface area contributed by atoms with E-state index in [2.05, 4.69) is 30.4 Å². The number of carbonyl (C=O) groups excluding carboxylic acids is 1. The molecule has 0 aliphatic carbocycles. The number of hydrogen-bond acceptors (Lipinski definition) is 10. The van der Waals surface area contributed by atoms with Gasteiger partial charge in [0.1, 0.15) is 23.6 Å². The van der Waals surface area contributed by atoms with Crippen molar-refractivity contribution in [3.63, 3.8) is 0 Å². The molecule has 1 amide bonds. The molecule has 0 radical (unpaired) electrons. The van der Waals surface area contributed by atoms with E-state index in [9.17, 15) is 4.79 Å². The average molecular weight is 481 g/mol. The summed E-state index contributed by atoms with van der Waals surface area (Å²) < 4.78 is 12.6. The third-order valence-corrected chi connectivity index (χ3v) is 4.76. The minimum atomic E-state index is -1.15. The monoisotopic (exact) mass is 480 g/mol. The molecule has 0 aliphatic heterocycles. The van der Waals surface area contributed by atoms with Crippen molar-refractivity contribution in [1.82, 2.24) is 29.7 Å². The molecule has 34 heavy (non-hydrogen) atoms. The predicted octanol–water partition coefficient (Wildman–Crippen LogP) is 1.53. The Bertz CT molecular complexity index is 1340. The number of pyridine rings is 2. The van der Waals surface area contributed by atoms with E-state index in [0.29, 0.717) is 27.4 Å². The number of aliphatic hydroxyl groups is 1. The van der Waals surface area contributed by atoms with Gasteiger partial charge < -0.3 is 19.9 Å². The van der Waals surface area contributed by atoms with Crippen LogP contribution in [0.3, 0.4) is 0 Å². The summed E-state index contributed by atoms with van der Waals surface area (Å²) in [6.45, 7) is -0.382. The van der Waals surface area contributed by atoms with Crippen LogP contribution in [0.1, 0.15) is 5.56 Å². The van der Waals surface area contributed by atoms with E-state index in [4.69, 9.17) is 31.4 Å². The molecule has 0 saturated carbocycles. The van der Waals surface area contributed by atoms with Gasteiger partial charge in [-0.15, -0.1) is 0 Å². The van der Waals surface area contributed by atoms with E-state index in [1.807, 2.05) is 6.07 Å². The first-order valence-corrected chi connectivity index (χ1v) is 10.3. The fraction of sp³-hybridized carbons (Fsp3) is 0.190. The van der Waals surface area contributed by atoms with Crippen molar-refractivity contribution in [2.24, 2.45) is 0 Å². The highest BCUT2D eigenvalue weighted by Crippen LogP contribution is 2.26. The molecule has 13 heteroatoms. The van der Waals surface area contributed by atoms with Crippen LogP contribution in [0.2, 0.25) is 5.02 Å². The van der Waals surface area contributed by atoms with Crippen molar-refractivity contribution >= 4 is 34.4 Å². The number of aromatic nitrogens is 6. The molecule has 0 aliphatic rings. The third-order valence-electron chi connectivity index (χ3n) is 4.46. The Morgan fingerprint density at radius 2 is 2.12 bits per heavy atom. The summed E-state index contributed by atoms with van der Waals surface area (Å²) in [6, 6.07) is 8.33. The number of amides is 1. The minimum Gasteiger partial charge on any atom is -0.461 e. The van der Waals surface area contributed by atoms with Gasteiger partial charge in [0.05, 0.1) is 36.6 Å². The molecular formula is C21H17ClN8O4. The van der Waals surface area contributed by atoms with Crippen molar-refractivity contribution in [3.8, 4) is 17.8 Å². The maximum absolute atomic E-state index is 12.9. The topological polar surface area (TPSA) is 161 Å². The average Bonchev–Trinajstić information content (AvgIpc) is 3.29. The highest BCUT2D eigenvalue weighted by atomic mass is 35.5. The molecule has 1 atom stereocenters. The number of hydrogen-bond donors (Lipinski definition) is 2. The first-order chi connectivity index (χ1) is 16.6. The van der Waals surface area contributed by atoms with E-state index in [0.717, 1.165) is 0 Å². The third kappa shape index (κ3) is 5.07. The quantitative estimate of drug-likeness (QED) is 0.336. The van der Waals surface area contributed by atoms with Gasteiger partial charge in [0, 0.05) is 12.4 Å². The zero-order chi connectivity index (χ0) is 23.9. The van der Waals surface area contributed by atoms with E-state index in [-0.39, 0.29) is 31.5 Å². The van der Waals surface area contributed by atoms with Gasteiger partial charge in [-0.25, -0.2) is 19.9 Å². The number of nitrogens with zero attached hydrogens (tertiary/aromatic N) is 7. The second-order valence-corrected chi connectivity index (χ2v) is 7.13. The number of nitrogens with one attached hydrogen (secondary N) is 1. The second kappa shape index (κ2) is 10.6. The molecule has 12 nitrogen and oxygen atoms in total. The SMILES string of the molecule is N#Cc1ccc(NC(=O)C(COCCO)Oc2ncnc3c2cnn3-c2ncccc2Cl)nc1. The Morgan fingerprint density at radius 1 is 1.24 bits per heavy atom. The number of aliphatic hydroxyl groups excluding tert-OH is 1. The first kappa shape index (κ1) is 23.0. The molecule has 0 aromatic carbocycles. The molecule has 0 saturated heterocycles. The normalized spacial score (nSPS) is 11.7. The molecule has 0 fully saturated rings. The van der Waals surface area contributed by atoms with E-state index in [1.54, 1.807) is 18.3 Å². The number of carbonyl (C=O) groups is 1. The number of fused-ring (bicyclic) bond motifs is 1. The molecule has 4 aromatic heterocycles. The Kier molecular flexibility index (Phi) is 7.19. The molecule has 172 valence electrons. The van der Waals surface area contributed by atoms with Crippen LogP contribution in [0, 0.1) is 11.3 Å². The second-order valence-electron chi connectivity index (χ2n) is 6.72. The van der Waals surface area contributed by atoms with Crippen molar-refractivity contribution in [3.05, 3.63) is 59.8 Å². The lowest BCUT2D eigenvalue weighted by Crippen LogP contribution is -2.37. The van der Waals surface area contributed by atoms with Gasteiger partial charge in [-0.3, -0.25) is 4.79 Å². The summed E-state index contributed by atoms with van der Waals surface area (Å²) in [6.07, 6.45) is 4.49. The Hall–Kier alpha value is -4.18. The molecule has 0 bridgehead atoms. The van der Waals surface area contributed by atoms with Crippen molar-refractivity contribution in [1.29, 1.82) is 5.26 Å². The van der Waals surface area contributed by atoms with Gasteiger partial charge in [-0.2, -0.15) is 15.0 Å². The van der Waals surface area contributed by atoms with Gasteiger partial charge >= 0.3 is 0 Å². The minimum absolute atomic E-state index is 0.0115. The molecule has 2 N–H and O–H groups in total. The molecule has 4 rings (SSSR count). The van der Waals surface area contributed by atoms with Crippen LogP contribution in [0.15, 0.2) is 49.2 Å². The van der Waals surface area contributed by atoms with E-state index < -0.39 is 12.0 Å². The molecule has 1 unspecified atom stereocenters. The maximum atomic E-state index is 12.9. The highest BCUT2D eigenvalue weighted by Gasteiger charge is 2.24. The first-order valence-electron chi connectivity index (χ1n) is 9.92. The summed E-state index contributed by atoms with van der Waals surface area (Å²) in [7, 11) is 0. The fourth-order valence-corrected chi connectivity index (χ4v) is 3.10. The fourth-order valence-electron chi connectivity index (χ4n) is 2.90. The summed E-state index contributed by atoms with van der Waals surface area (Å²) in [5.74, 6) is 0.118. The largest absolute Gasteiger partial charge is 0.461 e. The maximum Gasteiger partial charge on any atom is 0.269 e. The number of halogens is 1. The standard InChI is InChI=1S/C21H17ClN8O4/c22-15-2-1-5-24-19(15)30-18-14(10-28-30)21(27-12-26-18)34-16(11-33-7-6-31)20(32)29-17-4-3-13(8-23)9-25-17/h1-5,9-10,12,16,31H,6-7,11H2,(H,25,29,32). The van der Waals surface area contributed by atoms with Crippen molar-refractivity contribution in [2.75, 3.05) is 25.1 Å². The summed E-state index contributed by atoms with van der Waals surface area (Å²) in [4.78, 5) is 29.5. The number of nitriles is 1. The number of anilines is 1. The number of rotatable bonds is 9.